The standard InChI is InChI=1S/C16H27N3O/c1-10-13(9-17-16(3,4)5)11(2)19-15(18-10)14(20-6)12-7-8-12/h12,14,17H,7-9H2,1-6H3. The van der Waals surface area contributed by atoms with Crippen molar-refractivity contribution < 1.29 is 4.74 Å². The van der Waals surface area contributed by atoms with Gasteiger partial charge >= 0.3 is 0 Å². The zero-order valence-corrected chi connectivity index (χ0v) is 13.6. The van der Waals surface area contributed by atoms with E-state index in [9.17, 15) is 0 Å². The number of nitrogens with zero attached hydrogens (tertiary/aromatic N) is 2. The lowest BCUT2D eigenvalue weighted by Gasteiger charge is -2.22. The van der Waals surface area contributed by atoms with E-state index < -0.39 is 0 Å². The molecule has 1 N–H and O–H groups in total. The van der Waals surface area contributed by atoms with Crippen LogP contribution in [0.15, 0.2) is 0 Å². The summed E-state index contributed by atoms with van der Waals surface area (Å²) in [5.41, 5.74) is 3.42. The molecule has 0 radical (unpaired) electrons. The van der Waals surface area contributed by atoms with Crippen molar-refractivity contribution in [1.29, 1.82) is 0 Å². The van der Waals surface area contributed by atoms with E-state index in [4.69, 9.17) is 14.7 Å². The molecule has 1 fully saturated rings. The Labute approximate surface area is 122 Å². The lowest BCUT2D eigenvalue weighted by atomic mass is 10.1. The third kappa shape index (κ3) is 3.76. The minimum absolute atomic E-state index is 0.0667. The van der Waals surface area contributed by atoms with Gasteiger partial charge in [0, 0.05) is 36.1 Å². The minimum atomic E-state index is 0.0667. The van der Waals surface area contributed by atoms with Gasteiger partial charge in [-0.25, -0.2) is 9.97 Å². The smallest absolute Gasteiger partial charge is 0.157 e. The van der Waals surface area contributed by atoms with Crippen LogP contribution < -0.4 is 5.32 Å². The average molecular weight is 277 g/mol. The van der Waals surface area contributed by atoms with Gasteiger partial charge in [-0.2, -0.15) is 0 Å². The number of nitrogens with one attached hydrogen (secondary N) is 1. The van der Waals surface area contributed by atoms with Crippen LogP contribution in [0.1, 0.15) is 62.5 Å². The zero-order valence-electron chi connectivity index (χ0n) is 13.6. The van der Waals surface area contributed by atoms with Gasteiger partial charge in [-0.1, -0.05) is 0 Å². The summed E-state index contributed by atoms with van der Waals surface area (Å²) in [7, 11) is 1.76. The van der Waals surface area contributed by atoms with Crippen LogP contribution >= 0.6 is 0 Å². The molecule has 0 aromatic carbocycles. The highest BCUT2D eigenvalue weighted by Gasteiger charge is 2.34. The third-order valence-corrected chi connectivity index (χ3v) is 3.79. The van der Waals surface area contributed by atoms with Crippen molar-refractivity contribution in [1.82, 2.24) is 15.3 Å². The number of ether oxygens (including phenoxy) is 1. The highest BCUT2D eigenvalue weighted by molar-refractivity contribution is 5.25. The zero-order chi connectivity index (χ0) is 14.9. The maximum Gasteiger partial charge on any atom is 0.157 e. The molecule has 112 valence electrons. The fourth-order valence-electron chi connectivity index (χ4n) is 2.41. The topological polar surface area (TPSA) is 47.0 Å². The van der Waals surface area contributed by atoms with E-state index in [1.165, 1.54) is 18.4 Å². The molecule has 1 atom stereocenters. The van der Waals surface area contributed by atoms with Crippen molar-refractivity contribution in [2.75, 3.05) is 7.11 Å². The maximum atomic E-state index is 5.58. The number of hydrogen-bond acceptors (Lipinski definition) is 4. The van der Waals surface area contributed by atoms with Gasteiger partial charge in [0.05, 0.1) is 0 Å². The molecule has 0 spiro atoms. The molecule has 1 heterocycles. The largest absolute Gasteiger partial charge is 0.373 e. The maximum absolute atomic E-state index is 5.58. The van der Waals surface area contributed by atoms with E-state index in [0.29, 0.717) is 5.92 Å². The summed E-state index contributed by atoms with van der Waals surface area (Å²) in [5.74, 6) is 1.46. The summed E-state index contributed by atoms with van der Waals surface area (Å²) < 4.78 is 5.58. The van der Waals surface area contributed by atoms with Gasteiger partial charge in [-0.15, -0.1) is 0 Å². The Bertz CT molecular complexity index is 452. The molecule has 2 rings (SSSR count). The lowest BCUT2D eigenvalue weighted by Crippen LogP contribution is -2.35. The van der Waals surface area contributed by atoms with Crippen molar-refractivity contribution in [2.45, 2.75) is 65.6 Å². The summed E-state index contributed by atoms with van der Waals surface area (Å²) in [6.45, 7) is 11.4. The predicted octanol–water partition coefficient (Wildman–Crippen LogP) is 3.08. The normalized spacial score (nSPS) is 17.3. The molecule has 1 aromatic rings. The van der Waals surface area contributed by atoms with Crippen LogP contribution in [0.3, 0.4) is 0 Å². The Kier molecular flexibility index (Phi) is 4.45. The molecule has 0 saturated heterocycles. The number of rotatable bonds is 5. The Balaban J connectivity index is 2.19. The van der Waals surface area contributed by atoms with E-state index in [2.05, 4.69) is 39.9 Å². The van der Waals surface area contributed by atoms with Crippen molar-refractivity contribution in [2.24, 2.45) is 5.92 Å². The number of hydrogen-bond donors (Lipinski definition) is 1. The van der Waals surface area contributed by atoms with E-state index in [1.54, 1.807) is 7.11 Å². The van der Waals surface area contributed by atoms with Crippen molar-refractivity contribution >= 4 is 0 Å². The molecule has 1 saturated carbocycles. The van der Waals surface area contributed by atoms with Crippen LogP contribution in [0.5, 0.6) is 0 Å². The first-order valence-electron chi connectivity index (χ1n) is 7.43. The third-order valence-electron chi connectivity index (χ3n) is 3.79. The van der Waals surface area contributed by atoms with Crippen molar-refractivity contribution in [3.05, 3.63) is 22.8 Å². The average Bonchev–Trinajstić information content (AvgIpc) is 3.11. The molecule has 1 aromatic heterocycles. The number of aromatic nitrogens is 2. The number of aryl methyl sites for hydroxylation is 2. The van der Waals surface area contributed by atoms with E-state index in [-0.39, 0.29) is 11.6 Å². The molecule has 4 nitrogen and oxygen atoms in total. The fraction of sp³-hybridized carbons (Fsp3) is 0.750. The Hall–Kier alpha value is -1.00. The van der Waals surface area contributed by atoms with E-state index in [0.717, 1.165) is 23.8 Å². The second kappa shape index (κ2) is 5.78. The molecular formula is C16H27N3O. The van der Waals surface area contributed by atoms with Gasteiger partial charge in [0.15, 0.2) is 5.82 Å². The monoisotopic (exact) mass is 277 g/mol. The van der Waals surface area contributed by atoms with Crippen LogP contribution in [0.25, 0.3) is 0 Å². The predicted molar refractivity (Wildman–Crippen MR) is 80.6 cm³/mol. The highest BCUT2D eigenvalue weighted by atomic mass is 16.5. The number of methoxy groups -OCH3 is 1. The first-order valence-corrected chi connectivity index (χ1v) is 7.43. The van der Waals surface area contributed by atoms with Crippen LogP contribution in [0.4, 0.5) is 0 Å². The second-order valence-corrected chi connectivity index (χ2v) is 6.83. The van der Waals surface area contributed by atoms with E-state index in [1.807, 2.05) is 0 Å². The van der Waals surface area contributed by atoms with Gasteiger partial charge in [-0.05, 0) is 53.4 Å². The molecular weight excluding hydrogens is 250 g/mol. The molecule has 0 aliphatic heterocycles. The van der Waals surface area contributed by atoms with Crippen LogP contribution in [0.2, 0.25) is 0 Å². The first kappa shape index (κ1) is 15.4. The highest BCUT2D eigenvalue weighted by Crippen LogP contribution is 2.42. The van der Waals surface area contributed by atoms with Crippen molar-refractivity contribution in [3.63, 3.8) is 0 Å². The van der Waals surface area contributed by atoms with Gasteiger partial charge in [0.1, 0.15) is 6.10 Å². The summed E-state index contributed by atoms with van der Waals surface area (Å²) in [4.78, 5) is 9.38. The van der Waals surface area contributed by atoms with Crippen molar-refractivity contribution in [3.8, 4) is 0 Å². The van der Waals surface area contributed by atoms with Gasteiger partial charge < -0.3 is 10.1 Å². The first-order chi connectivity index (χ1) is 9.31. The lowest BCUT2D eigenvalue weighted by molar-refractivity contribution is 0.0768. The summed E-state index contributed by atoms with van der Waals surface area (Å²) in [6, 6.07) is 0. The second-order valence-electron chi connectivity index (χ2n) is 6.83. The molecule has 1 aliphatic carbocycles. The summed E-state index contributed by atoms with van der Waals surface area (Å²) >= 11 is 0. The Morgan fingerprint density at radius 3 is 2.15 bits per heavy atom. The van der Waals surface area contributed by atoms with Gasteiger partial charge in [0.2, 0.25) is 0 Å². The molecule has 20 heavy (non-hydrogen) atoms. The minimum Gasteiger partial charge on any atom is -0.373 e. The van der Waals surface area contributed by atoms with Crippen LogP contribution in [-0.4, -0.2) is 22.6 Å². The Morgan fingerprint density at radius 2 is 1.75 bits per heavy atom. The molecule has 1 aliphatic rings. The summed E-state index contributed by atoms with van der Waals surface area (Å²) in [6.07, 6.45) is 2.53. The van der Waals surface area contributed by atoms with Crippen LogP contribution in [0, 0.1) is 19.8 Å². The van der Waals surface area contributed by atoms with Gasteiger partial charge in [0.25, 0.3) is 0 Å². The van der Waals surface area contributed by atoms with E-state index >= 15 is 0 Å². The van der Waals surface area contributed by atoms with Gasteiger partial charge in [-0.3, -0.25) is 0 Å². The fourth-order valence-corrected chi connectivity index (χ4v) is 2.41. The van der Waals surface area contributed by atoms with Crippen LogP contribution in [-0.2, 0) is 11.3 Å². The Morgan fingerprint density at radius 1 is 1.20 bits per heavy atom. The SMILES string of the molecule is COC(c1nc(C)c(CNC(C)(C)C)c(C)n1)C1CC1. The molecule has 0 amide bonds. The quantitative estimate of drug-likeness (QED) is 0.898. The molecule has 0 bridgehead atoms. The molecule has 4 heteroatoms. The molecule has 1 unspecified atom stereocenters. The summed E-state index contributed by atoms with van der Waals surface area (Å²) in [5, 5.41) is 3.51.